The molecule has 86 valence electrons. The van der Waals surface area contributed by atoms with Crippen molar-refractivity contribution < 1.29 is 23.9 Å². The molecule has 0 aromatic carbocycles. The Bertz CT molecular complexity index is 239. The molecule has 0 aromatic heterocycles. The Balaban J connectivity index is 3.42. The third-order valence-corrected chi connectivity index (χ3v) is 1.30. The fourth-order valence-electron chi connectivity index (χ4n) is 0.754. The number of esters is 1. The van der Waals surface area contributed by atoms with E-state index in [0.717, 1.165) is 0 Å². The van der Waals surface area contributed by atoms with Crippen LogP contribution in [0.2, 0.25) is 0 Å². The molecule has 0 spiro atoms. The van der Waals surface area contributed by atoms with Crippen molar-refractivity contribution in [2.75, 3.05) is 19.8 Å². The van der Waals surface area contributed by atoms with Gasteiger partial charge in [-0.2, -0.15) is 0 Å². The lowest BCUT2D eigenvalue weighted by Gasteiger charge is -2.05. The van der Waals surface area contributed by atoms with E-state index in [1.54, 1.807) is 6.92 Å². The van der Waals surface area contributed by atoms with E-state index in [9.17, 15) is 14.4 Å². The van der Waals surface area contributed by atoms with Crippen molar-refractivity contribution in [3.8, 4) is 0 Å². The van der Waals surface area contributed by atoms with Crippen LogP contribution in [0.4, 0.5) is 4.79 Å². The summed E-state index contributed by atoms with van der Waals surface area (Å²) in [6, 6.07) is 0. The summed E-state index contributed by atoms with van der Waals surface area (Å²) in [5.41, 5.74) is 0. The molecule has 0 aliphatic heterocycles. The zero-order chi connectivity index (χ0) is 11.7. The number of nitrogens with one attached hydrogen (secondary N) is 1. The van der Waals surface area contributed by atoms with Gasteiger partial charge in [0.15, 0.2) is 0 Å². The lowest BCUT2D eigenvalue weighted by molar-refractivity contribution is -0.145. The molecule has 0 bridgehead atoms. The highest BCUT2D eigenvalue weighted by Crippen LogP contribution is 1.87. The van der Waals surface area contributed by atoms with Crippen LogP contribution in [0.5, 0.6) is 0 Å². The van der Waals surface area contributed by atoms with Crippen LogP contribution < -0.4 is 5.32 Å². The summed E-state index contributed by atoms with van der Waals surface area (Å²) < 4.78 is 9.22. The highest BCUT2D eigenvalue weighted by molar-refractivity contribution is 5.94. The Morgan fingerprint density at radius 2 is 1.87 bits per heavy atom. The number of ketones is 1. The molecule has 0 aliphatic carbocycles. The molecular weight excluding hydrogens is 202 g/mol. The number of alkyl carbamates (subject to hydrolysis) is 1. The van der Waals surface area contributed by atoms with Crippen LogP contribution in [-0.2, 0) is 19.1 Å². The molecule has 0 heterocycles. The fourth-order valence-corrected chi connectivity index (χ4v) is 0.754. The molecule has 0 aromatic rings. The van der Waals surface area contributed by atoms with Gasteiger partial charge in [-0.1, -0.05) is 0 Å². The van der Waals surface area contributed by atoms with Crippen LogP contribution in [0.3, 0.4) is 0 Å². The SMILES string of the molecule is CCOC(=O)NCCOC(=O)CC(C)=O. The highest BCUT2D eigenvalue weighted by atomic mass is 16.6. The zero-order valence-electron chi connectivity index (χ0n) is 8.87. The quantitative estimate of drug-likeness (QED) is 0.392. The molecule has 0 rings (SSSR count). The summed E-state index contributed by atoms with van der Waals surface area (Å²) in [6.45, 7) is 3.48. The molecule has 6 heteroatoms. The maximum atomic E-state index is 10.8. The van der Waals surface area contributed by atoms with Gasteiger partial charge in [-0.25, -0.2) is 4.79 Å². The predicted molar refractivity (Wildman–Crippen MR) is 51.3 cm³/mol. The molecule has 0 atom stereocenters. The number of hydrogen-bond acceptors (Lipinski definition) is 5. The number of amides is 1. The summed E-state index contributed by atoms with van der Waals surface area (Å²) in [5.74, 6) is -0.841. The van der Waals surface area contributed by atoms with Gasteiger partial charge in [-0.15, -0.1) is 0 Å². The Morgan fingerprint density at radius 1 is 1.20 bits per heavy atom. The molecule has 15 heavy (non-hydrogen) atoms. The van der Waals surface area contributed by atoms with Crippen LogP contribution in [0.1, 0.15) is 20.3 Å². The van der Waals surface area contributed by atoms with Crippen LogP contribution in [0.25, 0.3) is 0 Å². The number of ether oxygens (including phenoxy) is 2. The monoisotopic (exact) mass is 217 g/mol. The lowest BCUT2D eigenvalue weighted by atomic mass is 10.3. The molecule has 0 saturated carbocycles. The number of hydrogen-bond donors (Lipinski definition) is 1. The second kappa shape index (κ2) is 7.78. The van der Waals surface area contributed by atoms with Crippen molar-refractivity contribution in [1.82, 2.24) is 5.32 Å². The molecule has 0 aliphatic rings. The molecule has 1 N–H and O–H groups in total. The van der Waals surface area contributed by atoms with Crippen LogP contribution in [-0.4, -0.2) is 37.6 Å². The summed E-state index contributed by atoms with van der Waals surface area (Å²) in [6.07, 6.45) is -0.792. The summed E-state index contributed by atoms with van der Waals surface area (Å²) in [7, 11) is 0. The maximum absolute atomic E-state index is 10.8. The molecule has 0 saturated heterocycles. The second-order valence-corrected chi connectivity index (χ2v) is 2.75. The smallest absolute Gasteiger partial charge is 0.407 e. The first-order valence-electron chi connectivity index (χ1n) is 4.62. The minimum atomic E-state index is -0.590. The third-order valence-electron chi connectivity index (χ3n) is 1.30. The molecule has 0 unspecified atom stereocenters. The Hall–Kier alpha value is -1.59. The van der Waals surface area contributed by atoms with Crippen molar-refractivity contribution in [3.05, 3.63) is 0 Å². The first kappa shape index (κ1) is 13.4. The molecule has 0 radical (unpaired) electrons. The summed E-state index contributed by atoms with van der Waals surface area (Å²) in [4.78, 5) is 32.1. The van der Waals surface area contributed by atoms with E-state index in [1.807, 2.05) is 0 Å². The van der Waals surface area contributed by atoms with Gasteiger partial charge in [0.25, 0.3) is 0 Å². The minimum absolute atomic E-state index is 0.0327. The zero-order valence-corrected chi connectivity index (χ0v) is 8.87. The molecule has 0 fully saturated rings. The van der Waals surface area contributed by atoms with Crippen molar-refractivity contribution in [2.24, 2.45) is 0 Å². The van der Waals surface area contributed by atoms with Crippen LogP contribution >= 0.6 is 0 Å². The van der Waals surface area contributed by atoms with Crippen molar-refractivity contribution in [3.63, 3.8) is 0 Å². The number of carbonyl (C=O) groups is 3. The van der Waals surface area contributed by atoms with E-state index in [1.165, 1.54) is 6.92 Å². The lowest BCUT2D eigenvalue weighted by Crippen LogP contribution is -2.28. The van der Waals surface area contributed by atoms with Gasteiger partial charge in [0.2, 0.25) is 0 Å². The number of Topliss-reactive ketones (excluding diaryl/α,β-unsaturated/α-hetero) is 1. The molecule has 6 nitrogen and oxygen atoms in total. The fraction of sp³-hybridized carbons (Fsp3) is 0.667. The Labute approximate surface area is 87.9 Å². The predicted octanol–water partition coefficient (Wildman–Crippen LogP) is 0.255. The second-order valence-electron chi connectivity index (χ2n) is 2.75. The van der Waals surface area contributed by atoms with E-state index < -0.39 is 12.1 Å². The first-order chi connectivity index (χ1) is 7.06. The van der Waals surface area contributed by atoms with E-state index in [2.05, 4.69) is 14.8 Å². The van der Waals surface area contributed by atoms with Gasteiger partial charge in [0, 0.05) is 0 Å². The van der Waals surface area contributed by atoms with Gasteiger partial charge >= 0.3 is 12.1 Å². The Kier molecular flexibility index (Phi) is 6.96. The van der Waals surface area contributed by atoms with Crippen LogP contribution in [0, 0.1) is 0 Å². The van der Waals surface area contributed by atoms with Gasteiger partial charge in [0.1, 0.15) is 18.8 Å². The topological polar surface area (TPSA) is 81.7 Å². The average molecular weight is 217 g/mol. The molecule has 1 amide bonds. The van der Waals surface area contributed by atoms with Crippen molar-refractivity contribution in [1.29, 1.82) is 0 Å². The van der Waals surface area contributed by atoms with E-state index >= 15 is 0 Å². The average Bonchev–Trinajstić information content (AvgIpc) is 2.12. The van der Waals surface area contributed by atoms with Gasteiger partial charge in [-0.3, -0.25) is 9.59 Å². The van der Waals surface area contributed by atoms with Gasteiger partial charge < -0.3 is 14.8 Å². The standard InChI is InChI=1S/C9H15NO5/c1-3-14-9(13)10-4-5-15-8(12)6-7(2)11/h3-6H2,1-2H3,(H,10,13). The Morgan fingerprint density at radius 3 is 2.40 bits per heavy atom. The highest BCUT2D eigenvalue weighted by Gasteiger charge is 2.06. The minimum Gasteiger partial charge on any atom is -0.463 e. The largest absolute Gasteiger partial charge is 0.463 e. The maximum Gasteiger partial charge on any atom is 0.407 e. The van der Waals surface area contributed by atoms with Gasteiger partial charge in [0.05, 0.1) is 13.2 Å². The normalized spacial score (nSPS) is 9.20. The summed E-state index contributed by atoms with van der Waals surface area (Å²) in [5, 5.41) is 2.37. The summed E-state index contributed by atoms with van der Waals surface area (Å²) >= 11 is 0. The van der Waals surface area contributed by atoms with E-state index in [0.29, 0.717) is 0 Å². The van der Waals surface area contributed by atoms with Crippen molar-refractivity contribution in [2.45, 2.75) is 20.3 Å². The first-order valence-corrected chi connectivity index (χ1v) is 4.62. The van der Waals surface area contributed by atoms with E-state index in [4.69, 9.17) is 0 Å². The third kappa shape index (κ3) is 8.73. The van der Waals surface area contributed by atoms with E-state index in [-0.39, 0.29) is 32.0 Å². The van der Waals surface area contributed by atoms with Gasteiger partial charge in [-0.05, 0) is 13.8 Å². The van der Waals surface area contributed by atoms with Crippen molar-refractivity contribution >= 4 is 17.8 Å². The number of rotatable bonds is 6. The van der Waals surface area contributed by atoms with Crippen LogP contribution in [0.15, 0.2) is 0 Å². The molecular formula is C9H15NO5. The number of carbonyl (C=O) groups excluding carboxylic acids is 3.